The van der Waals surface area contributed by atoms with Gasteiger partial charge in [0.1, 0.15) is 0 Å². The van der Waals surface area contributed by atoms with Crippen LogP contribution in [0.15, 0.2) is 58.0 Å². The lowest BCUT2D eigenvalue weighted by Gasteiger charge is -2.17. The van der Waals surface area contributed by atoms with E-state index >= 15 is 0 Å². The second-order valence-electron chi connectivity index (χ2n) is 10.2. The molecule has 1 atom stereocenters. The van der Waals surface area contributed by atoms with Gasteiger partial charge >= 0.3 is 0 Å². The molecule has 204 valence electrons. The zero-order chi connectivity index (χ0) is 28.5. The van der Waals surface area contributed by atoms with Gasteiger partial charge in [0.15, 0.2) is 5.78 Å². The molecule has 37 heavy (non-hydrogen) atoms. The van der Waals surface area contributed by atoms with E-state index in [-0.39, 0.29) is 5.78 Å². The molecule has 2 aromatic rings. The molecular formula is C34H52N2O. The Kier molecular flexibility index (Phi) is 17.0. The lowest BCUT2D eigenvalue weighted by Crippen LogP contribution is -2.13. The monoisotopic (exact) mass is 504 g/mol. The minimum Gasteiger partial charge on any atom is -0.297 e. The van der Waals surface area contributed by atoms with Gasteiger partial charge in [-0.2, -0.15) is 0 Å². The number of Topliss-reactive ketones (excluding diaryl/α,β-unsaturated/α-hetero) is 1. The largest absolute Gasteiger partial charge is 0.297 e. The van der Waals surface area contributed by atoms with E-state index in [0.29, 0.717) is 12.3 Å². The van der Waals surface area contributed by atoms with E-state index in [9.17, 15) is 4.79 Å². The van der Waals surface area contributed by atoms with Gasteiger partial charge in [-0.25, -0.2) is 0 Å². The van der Waals surface area contributed by atoms with Crippen LogP contribution in [0.5, 0.6) is 0 Å². The second kappa shape index (κ2) is 18.4. The third kappa shape index (κ3) is 12.8. The van der Waals surface area contributed by atoms with Crippen molar-refractivity contribution in [1.29, 1.82) is 0 Å². The molecule has 0 N–H and O–H groups in total. The predicted octanol–water partition coefficient (Wildman–Crippen LogP) is 9.75. The van der Waals surface area contributed by atoms with Crippen LogP contribution in [0.25, 0.3) is 0 Å². The predicted molar refractivity (Wildman–Crippen MR) is 166 cm³/mol. The zero-order valence-electron chi connectivity index (χ0n) is 25.7. The van der Waals surface area contributed by atoms with E-state index in [2.05, 4.69) is 104 Å². The van der Waals surface area contributed by atoms with Crippen LogP contribution in [0, 0.1) is 39.5 Å². The lowest BCUT2D eigenvalue weighted by atomic mass is 9.92. The molecule has 2 aromatic carbocycles. The smallest absolute Gasteiger partial charge is 0.158 e. The number of para-hydroxylation sites is 1. The summed E-state index contributed by atoms with van der Waals surface area (Å²) in [5, 5.41) is 0. The molecule has 0 heterocycles. The molecule has 2 rings (SSSR count). The SMILES string of the molecule is CCC(=O)/C(C)=C/C=NC.CCC(C)C.CCC(C)C(=Nc1c(C)cccc1C)c1ccc(C)cc1C. The molecule has 0 aliphatic heterocycles. The Bertz CT molecular complexity index is 1040. The van der Waals surface area contributed by atoms with Crippen molar-refractivity contribution >= 4 is 23.4 Å². The van der Waals surface area contributed by atoms with Gasteiger partial charge in [0, 0.05) is 19.7 Å². The summed E-state index contributed by atoms with van der Waals surface area (Å²) in [7, 11) is 1.68. The third-order valence-electron chi connectivity index (χ3n) is 6.46. The number of aliphatic imine (C=N–C) groups is 2. The molecule has 0 amide bonds. The number of ketones is 1. The van der Waals surface area contributed by atoms with Crippen molar-refractivity contribution in [1.82, 2.24) is 0 Å². The topological polar surface area (TPSA) is 41.8 Å². The molecule has 3 heteroatoms. The van der Waals surface area contributed by atoms with E-state index in [1.807, 2.05) is 6.92 Å². The number of allylic oxidation sites excluding steroid dienone is 2. The van der Waals surface area contributed by atoms with Crippen LogP contribution in [0.4, 0.5) is 5.69 Å². The van der Waals surface area contributed by atoms with Gasteiger partial charge in [-0.05, 0) is 86.8 Å². The van der Waals surface area contributed by atoms with Gasteiger partial charge < -0.3 is 0 Å². The fourth-order valence-corrected chi connectivity index (χ4v) is 3.39. The van der Waals surface area contributed by atoms with Gasteiger partial charge in [-0.15, -0.1) is 0 Å². The fraction of sp³-hybridized carbons (Fsp3) is 0.500. The average Bonchev–Trinajstić information content (AvgIpc) is 2.87. The number of nitrogens with zero attached hydrogens (tertiary/aromatic N) is 2. The molecule has 0 saturated heterocycles. The standard InChI is InChI=1S/C21H27N.C8H13NO.C5H12/c1-7-15(3)21(19-12-11-14(2)13-18(19)6)22-20-16(4)9-8-10-17(20)5;1-4-8(10)7(2)5-6-9-3;1-4-5(2)3/h8-13,15H,7H2,1-6H3;5-6H,4H2,1-3H3;5H,4H2,1-3H3/b;7-5+,9-6?;. The summed E-state index contributed by atoms with van der Waals surface area (Å²) in [4.78, 5) is 19.7. The van der Waals surface area contributed by atoms with Crippen molar-refractivity contribution in [2.24, 2.45) is 21.8 Å². The van der Waals surface area contributed by atoms with Crippen LogP contribution in [-0.4, -0.2) is 24.8 Å². The quantitative estimate of drug-likeness (QED) is 0.260. The van der Waals surface area contributed by atoms with Gasteiger partial charge in [0.25, 0.3) is 0 Å². The van der Waals surface area contributed by atoms with E-state index in [1.54, 1.807) is 26.3 Å². The summed E-state index contributed by atoms with van der Waals surface area (Å²) >= 11 is 0. The van der Waals surface area contributed by atoms with E-state index in [1.165, 1.54) is 39.9 Å². The lowest BCUT2D eigenvalue weighted by molar-refractivity contribution is -0.115. The highest BCUT2D eigenvalue weighted by Crippen LogP contribution is 2.27. The van der Waals surface area contributed by atoms with E-state index in [0.717, 1.165) is 23.6 Å². The number of carbonyl (C=O) groups is 1. The number of hydrogen-bond acceptors (Lipinski definition) is 3. The Morgan fingerprint density at radius 3 is 1.89 bits per heavy atom. The van der Waals surface area contributed by atoms with Crippen molar-refractivity contribution in [3.63, 3.8) is 0 Å². The summed E-state index contributed by atoms with van der Waals surface area (Å²) in [5.41, 5.74) is 9.48. The Labute approximate surface area is 228 Å². The minimum absolute atomic E-state index is 0.180. The highest BCUT2D eigenvalue weighted by Gasteiger charge is 2.15. The van der Waals surface area contributed by atoms with Gasteiger partial charge in [-0.3, -0.25) is 14.8 Å². The van der Waals surface area contributed by atoms with Crippen LogP contribution < -0.4 is 0 Å². The molecule has 0 bridgehead atoms. The number of hydrogen-bond donors (Lipinski definition) is 0. The highest BCUT2D eigenvalue weighted by atomic mass is 16.1. The van der Waals surface area contributed by atoms with Gasteiger partial charge in [0.05, 0.1) is 11.4 Å². The summed E-state index contributed by atoms with van der Waals surface area (Å²) in [6, 6.07) is 13.0. The highest BCUT2D eigenvalue weighted by molar-refractivity contribution is 6.05. The molecule has 0 aliphatic carbocycles. The maximum atomic E-state index is 10.9. The molecule has 0 saturated carbocycles. The van der Waals surface area contributed by atoms with Crippen LogP contribution in [-0.2, 0) is 4.79 Å². The summed E-state index contributed by atoms with van der Waals surface area (Å²) in [6.07, 6.45) is 6.33. The van der Waals surface area contributed by atoms with Crippen LogP contribution in [0.1, 0.15) is 95.5 Å². The van der Waals surface area contributed by atoms with Crippen molar-refractivity contribution in [3.05, 3.63) is 75.9 Å². The number of benzene rings is 2. The fourth-order valence-electron chi connectivity index (χ4n) is 3.39. The first-order valence-corrected chi connectivity index (χ1v) is 13.8. The normalized spacial score (nSPS) is 12.6. The first-order valence-electron chi connectivity index (χ1n) is 13.8. The van der Waals surface area contributed by atoms with E-state index < -0.39 is 0 Å². The van der Waals surface area contributed by atoms with Crippen molar-refractivity contribution in [2.45, 2.75) is 95.4 Å². The minimum atomic E-state index is 0.180. The Hall–Kier alpha value is -2.81. The molecule has 0 aliphatic rings. The van der Waals surface area contributed by atoms with Crippen molar-refractivity contribution in [2.75, 3.05) is 7.05 Å². The number of carbonyl (C=O) groups excluding carboxylic acids is 1. The van der Waals surface area contributed by atoms with Crippen molar-refractivity contribution in [3.8, 4) is 0 Å². The Balaban J connectivity index is 0.000000717. The second-order valence-corrected chi connectivity index (χ2v) is 10.2. The maximum absolute atomic E-state index is 10.9. The molecule has 1 unspecified atom stereocenters. The Morgan fingerprint density at radius 2 is 1.46 bits per heavy atom. The van der Waals surface area contributed by atoms with Crippen LogP contribution in [0.3, 0.4) is 0 Å². The molecular weight excluding hydrogens is 452 g/mol. The first kappa shape index (κ1) is 34.2. The average molecular weight is 505 g/mol. The molecule has 0 radical (unpaired) electrons. The van der Waals surface area contributed by atoms with Gasteiger partial charge in [0.2, 0.25) is 0 Å². The molecule has 0 fully saturated rings. The third-order valence-corrected chi connectivity index (χ3v) is 6.46. The summed E-state index contributed by atoms with van der Waals surface area (Å²) < 4.78 is 0. The van der Waals surface area contributed by atoms with Crippen LogP contribution >= 0.6 is 0 Å². The zero-order valence-corrected chi connectivity index (χ0v) is 25.7. The maximum Gasteiger partial charge on any atom is 0.158 e. The first-order chi connectivity index (χ1) is 17.4. The molecule has 0 aromatic heterocycles. The number of aryl methyl sites for hydroxylation is 4. The van der Waals surface area contributed by atoms with E-state index in [4.69, 9.17) is 4.99 Å². The number of rotatable bonds is 8. The van der Waals surface area contributed by atoms with Crippen LogP contribution in [0.2, 0.25) is 0 Å². The summed E-state index contributed by atoms with van der Waals surface area (Å²) in [6.45, 7) is 23.4. The Morgan fingerprint density at radius 1 is 0.892 bits per heavy atom. The molecule has 0 spiro atoms. The summed E-state index contributed by atoms with van der Waals surface area (Å²) in [5.74, 6) is 1.51. The van der Waals surface area contributed by atoms with Crippen molar-refractivity contribution < 1.29 is 4.79 Å². The molecule has 3 nitrogen and oxygen atoms in total. The van der Waals surface area contributed by atoms with Gasteiger partial charge in [-0.1, -0.05) is 89.9 Å².